The topological polar surface area (TPSA) is 50.5 Å². The molecule has 1 fully saturated rings. The molecule has 1 N–H and O–H groups in total. The molecule has 1 saturated heterocycles. The second-order valence-electron chi connectivity index (χ2n) is 5.61. The van der Waals surface area contributed by atoms with Crippen LogP contribution in [0, 0.1) is 0 Å². The van der Waals surface area contributed by atoms with Crippen LogP contribution in [-0.2, 0) is 17.8 Å². The van der Waals surface area contributed by atoms with Gasteiger partial charge in [0.25, 0.3) is 0 Å². The van der Waals surface area contributed by atoms with Gasteiger partial charge in [0, 0.05) is 32.1 Å². The van der Waals surface area contributed by atoms with Crippen molar-refractivity contribution in [2.45, 2.75) is 32.0 Å². The highest BCUT2D eigenvalue weighted by Gasteiger charge is 2.18. The number of hydrogen-bond acceptors (Lipinski definition) is 4. The van der Waals surface area contributed by atoms with Gasteiger partial charge in [0.1, 0.15) is 5.76 Å². The summed E-state index contributed by atoms with van der Waals surface area (Å²) in [6.45, 7) is 2.95. The Balaban J connectivity index is 1.62. The molecule has 0 aliphatic carbocycles. The van der Waals surface area contributed by atoms with Gasteiger partial charge in [0.15, 0.2) is 5.11 Å². The lowest BCUT2D eigenvalue weighted by atomic mass is 10.2. The minimum Gasteiger partial charge on any atom is -0.467 e. The van der Waals surface area contributed by atoms with E-state index in [1.807, 2.05) is 24.3 Å². The fourth-order valence-corrected chi connectivity index (χ4v) is 2.83. The highest BCUT2D eigenvalue weighted by Crippen LogP contribution is 2.13. The smallest absolute Gasteiger partial charge is 0.169 e. The molecule has 3 rings (SSSR count). The molecule has 0 saturated carbocycles. The number of hydrogen-bond donors (Lipinski definition) is 1. The van der Waals surface area contributed by atoms with E-state index in [-0.39, 0.29) is 6.10 Å². The van der Waals surface area contributed by atoms with E-state index in [1.54, 1.807) is 18.7 Å². The first-order chi connectivity index (χ1) is 11.3. The zero-order chi connectivity index (χ0) is 15.9. The summed E-state index contributed by atoms with van der Waals surface area (Å²) < 4.78 is 11.1. The average Bonchev–Trinajstić information content (AvgIpc) is 3.26. The molecule has 6 heteroatoms. The maximum absolute atomic E-state index is 5.64. The molecule has 0 aromatic carbocycles. The van der Waals surface area contributed by atoms with E-state index in [0.717, 1.165) is 37.3 Å². The molecular weight excluding hydrogens is 310 g/mol. The predicted molar refractivity (Wildman–Crippen MR) is 91.8 cm³/mol. The van der Waals surface area contributed by atoms with Crippen molar-refractivity contribution in [3.05, 3.63) is 54.2 Å². The van der Waals surface area contributed by atoms with Gasteiger partial charge in [-0.25, -0.2) is 0 Å². The van der Waals surface area contributed by atoms with E-state index >= 15 is 0 Å². The van der Waals surface area contributed by atoms with Gasteiger partial charge in [0.2, 0.25) is 0 Å². The number of pyridine rings is 1. The summed E-state index contributed by atoms with van der Waals surface area (Å²) in [7, 11) is 0. The molecule has 0 bridgehead atoms. The number of rotatable bonds is 6. The molecule has 1 atom stereocenters. The third-order valence-corrected chi connectivity index (χ3v) is 4.24. The van der Waals surface area contributed by atoms with Crippen LogP contribution in [0.25, 0.3) is 0 Å². The molecule has 0 spiro atoms. The molecule has 23 heavy (non-hydrogen) atoms. The number of ether oxygens (including phenoxy) is 1. The van der Waals surface area contributed by atoms with Crippen molar-refractivity contribution in [1.29, 1.82) is 0 Å². The van der Waals surface area contributed by atoms with Gasteiger partial charge in [-0.3, -0.25) is 4.98 Å². The monoisotopic (exact) mass is 331 g/mol. The Bertz CT molecular complexity index is 598. The van der Waals surface area contributed by atoms with E-state index < -0.39 is 0 Å². The summed E-state index contributed by atoms with van der Waals surface area (Å²) in [4.78, 5) is 6.16. The number of thiocarbonyl (C=S) groups is 1. The number of furan rings is 1. The predicted octanol–water partition coefficient (Wildman–Crippen LogP) is 2.73. The van der Waals surface area contributed by atoms with Crippen molar-refractivity contribution in [3.63, 3.8) is 0 Å². The van der Waals surface area contributed by atoms with Crippen molar-refractivity contribution in [2.24, 2.45) is 0 Å². The van der Waals surface area contributed by atoms with Crippen LogP contribution in [0.1, 0.15) is 24.2 Å². The molecule has 2 aromatic heterocycles. The molecule has 1 aliphatic heterocycles. The van der Waals surface area contributed by atoms with Crippen LogP contribution in [-0.4, -0.2) is 34.3 Å². The molecule has 0 amide bonds. The summed E-state index contributed by atoms with van der Waals surface area (Å²) >= 11 is 5.58. The van der Waals surface area contributed by atoms with Gasteiger partial charge in [0.05, 0.1) is 18.9 Å². The van der Waals surface area contributed by atoms with Gasteiger partial charge >= 0.3 is 0 Å². The lowest BCUT2D eigenvalue weighted by Crippen LogP contribution is -2.41. The van der Waals surface area contributed by atoms with E-state index in [2.05, 4.69) is 15.2 Å². The van der Waals surface area contributed by atoms with Crippen molar-refractivity contribution in [3.8, 4) is 0 Å². The van der Waals surface area contributed by atoms with Crippen LogP contribution in [0.4, 0.5) is 0 Å². The standard InChI is InChI=1S/C17H21N3O2S/c23-17(19-11-15-3-1-9-21-15)20(13-16-4-2-10-22-16)12-14-5-7-18-8-6-14/h2,4-8,10,15H,1,3,9,11-13H2,(H,19,23). The first-order valence-electron chi connectivity index (χ1n) is 7.87. The largest absolute Gasteiger partial charge is 0.467 e. The molecule has 122 valence electrons. The molecule has 5 nitrogen and oxygen atoms in total. The lowest BCUT2D eigenvalue weighted by Gasteiger charge is -2.26. The van der Waals surface area contributed by atoms with Gasteiger partial charge in [-0.1, -0.05) is 0 Å². The number of nitrogens with one attached hydrogen (secondary N) is 1. The summed E-state index contributed by atoms with van der Waals surface area (Å²) in [6, 6.07) is 7.85. The highest BCUT2D eigenvalue weighted by atomic mass is 32.1. The van der Waals surface area contributed by atoms with Crippen LogP contribution in [0.5, 0.6) is 0 Å². The van der Waals surface area contributed by atoms with Crippen molar-refractivity contribution in [2.75, 3.05) is 13.2 Å². The van der Waals surface area contributed by atoms with E-state index in [9.17, 15) is 0 Å². The summed E-state index contributed by atoms with van der Waals surface area (Å²) in [5.74, 6) is 0.889. The third-order valence-electron chi connectivity index (χ3n) is 3.84. The first-order valence-corrected chi connectivity index (χ1v) is 8.28. The van der Waals surface area contributed by atoms with Crippen LogP contribution < -0.4 is 5.32 Å². The number of nitrogens with zero attached hydrogens (tertiary/aromatic N) is 2. The lowest BCUT2D eigenvalue weighted by molar-refractivity contribution is 0.113. The van der Waals surface area contributed by atoms with E-state index in [4.69, 9.17) is 21.4 Å². The Morgan fingerprint density at radius 1 is 1.30 bits per heavy atom. The average molecular weight is 331 g/mol. The van der Waals surface area contributed by atoms with E-state index in [1.165, 1.54) is 0 Å². The number of aromatic nitrogens is 1. The third kappa shape index (κ3) is 4.77. The molecule has 1 unspecified atom stereocenters. The molecule has 1 aliphatic rings. The second-order valence-corrected chi connectivity index (χ2v) is 6.00. The zero-order valence-corrected chi connectivity index (χ0v) is 13.8. The van der Waals surface area contributed by atoms with Crippen molar-refractivity contribution < 1.29 is 9.15 Å². The fourth-order valence-electron chi connectivity index (χ4n) is 2.62. The Morgan fingerprint density at radius 2 is 2.17 bits per heavy atom. The van der Waals surface area contributed by atoms with Crippen LogP contribution in [0.15, 0.2) is 47.3 Å². The van der Waals surface area contributed by atoms with Crippen molar-refractivity contribution in [1.82, 2.24) is 15.2 Å². The first kappa shape index (κ1) is 16.0. The quantitative estimate of drug-likeness (QED) is 0.822. The second kappa shape index (κ2) is 8.08. The van der Waals surface area contributed by atoms with Crippen LogP contribution in [0.3, 0.4) is 0 Å². The van der Waals surface area contributed by atoms with Crippen LogP contribution in [0.2, 0.25) is 0 Å². The van der Waals surface area contributed by atoms with Crippen molar-refractivity contribution >= 4 is 17.3 Å². The van der Waals surface area contributed by atoms with E-state index in [0.29, 0.717) is 18.2 Å². The minimum atomic E-state index is 0.263. The normalized spacial score (nSPS) is 17.1. The van der Waals surface area contributed by atoms with Gasteiger partial charge < -0.3 is 19.4 Å². The fraction of sp³-hybridized carbons (Fsp3) is 0.412. The Labute approximate surface area is 141 Å². The summed E-state index contributed by atoms with van der Waals surface area (Å²) in [5.41, 5.74) is 1.16. The summed E-state index contributed by atoms with van der Waals surface area (Å²) in [6.07, 6.45) is 7.76. The molecule has 3 heterocycles. The molecular formula is C17H21N3O2S. The van der Waals surface area contributed by atoms with Gasteiger partial charge in [-0.2, -0.15) is 0 Å². The van der Waals surface area contributed by atoms with Gasteiger partial charge in [-0.15, -0.1) is 0 Å². The Hall–Kier alpha value is -1.92. The minimum absolute atomic E-state index is 0.263. The van der Waals surface area contributed by atoms with Gasteiger partial charge in [-0.05, 0) is 54.9 Å². The maximum atomic E-state index is 5.64. The Morgan fingerprint density at radius 3 is 2.87 bits per heavy atom. The SMILES string of the molecule is S=C(NCC1CCCO1)N(Cc1ccncc1)Cc1ccco1. The maximum Gasteiger partial charge on any atom is 0.169 e. The highest BCUT2D eigenvalue weighted by molar-refractivity contribution is 7.80. The summed E-state index contributed by atoms with van der Waals surface area (Å²) in [5, 5.41) is 4.05. The Kier molecular flexibility index (Phi) is 5.60. The zero-order valence-electron chi connectivity index (χ0n) is 13.0. The van der Waals surface area contributed by atoms with Crippen LogP contribution >= 0.6 is 12.2 Å². The molecule has 0 radical (unpaired) electrons. The molecule has 2 aromatic rings.